The minimum atomic E-state index is -6.34. The summed E-state index contributed by atoms with van der Waals surface area (Å²) in [5.41, 5.74) is -7.95. The number of hydrogen-bond acceptors (Lipinski definition) is 0. The second-order valence-electron chi connectivity index (χ2n) is 4.71. The third-order valence-electron chi connectivity index (χ3n) is 3.33. The molecule has 0 amide bonds. The predicted octanol–water partition coefficient (Wildman–Crippen LogP) is 5.61. The molecule has 0 saturated carbocycles. The van der Waals surface area contributed by atoms with Crippen LogP contribution in [-0.4, -0.2) is 11.8 Å². The fraction of sp³-hybridized carbons (Fsp3) is 0.231. The van der Waals surface area contributed by atoms with Crippen molar-refractivity contribution < 1.29 is 48.3 Å². The Balaban J connectivity index is 2.92. The van der Waals surface area contributed by atoms with Crippen LogP contribution in [0.25, 0.3) is 0 Å². The number of benzene rings is 1. The number of allylic oxidation sites excluding steroid dienone is 4. The van der Waals surface area contributed by atoms with Crippen molar-refractivity contribution in [3.8, 4) is 0 Å². The maximum atomic E-state index is 14.3. The van der Waals surface area contributed by atoms with Gasteiger partial charge < -0.3 is 0 Å². The summed E-state index contributed by atoms with van der Waals surface area (Å²) in [4.78, 5) is 0. The number of alkyl halides is 4. The van der Waals surface area contributed by atoms with Gasteiger partial charge in [0.05, 0.1) is 5.92 Å². The molecule has 11 heteroatoms. The smallest absolute Gasteiger partial charge is 0.225 e. The molecule has 132 valence electrons. The van der Waals surface area contributed by atoms with Crippen molar-refractivity contribution in [1.82, 2.24) is 0 Å². The van der Waals surface area contributed by atoms with E-state index in [1.54, 1.807) is 0 Å². The van der Waals surface area contributed by atoms with Gasteiger partial charge in [0.2, 0.25) is 0 Å². The Morgan fingerprint density at radius 3 is 1.71 bits per heavy atom. The Kier molecular flexibility index (Phi) is 4.18. The van der Waals surface area contributed by atoms with Crippen LogP contribution in [0.1, 0.15) is 11.5 Å². The molecular weight excluding hydrogens is 365 g/mol. The van der Waals surface area contributed by atoms with Crippen LogP contribution in [0.5, 0.6) is 0 Å². The summed E-state index contributed by atoms with van der Waals surface area (Å²) in [6.45, 7) is 0. The Labute approximate surface area is 125 Å². The van der Waals surface area contributed by atoms with E-state index in [9.17, 15) is 48.3 Å². The van der Waals surface area contributed by atoms with Gasteiger partial charge in [0.1, 0.15) is 5.83 Å². The van der Waals surface area contributed by atoms with E-state index in [1.807, 2.05) is 0 Å². The largest absolute Gasteiger partial charge is 0.430 e. The van der Waals surface area contributed by atoms with Gasteiger partial charge in [-0.1, -0.05) is 0 Å². The fourth-order valence-corrected chi connectivity index (χ4v) is 2.21. The lowest BCUT2D eigenvalue weighted by atomic mass is 9.77. The average Bonchev–Trinajstić information content (AvgIpc) is 2.45. The van der Waals surface area contributed by atoms with Gasteiger partial charge in [-0.15, -0.1) is 0 Å². The molecule has 1 aliphatic rings. The van der Waals surface area contributed by atoms with Gasteiger partial charge in [-0.25, -0.2) is 35.1 Å². The minimum absolute atomic E-state index is 0.450. The maximum absolute atomic E-state index is 14.3. The average molecular weight is 368 g/mol. The van der Waals surface area contributed by atoms with Crippen LogP contribution in [-0.2, 0) is 0 Å². The van der Waals surface area contributed by atoms with Crippen LogP contribution >= 0.6 is 0 Å². The first kappa shape index (κ1) is 18.3. The van der Waals surface area contributed by atoms with Gasteiger partial charge in [0.15, 0.2) is 34.9 Å². The molecule has 1 aliphatic carbocycles. The lowest BCUT2D eigenvalue weighted by Gasteiger charge is -2.35. The van der Waals surface area contributed by atoms with Crippen LogP contribution in [0.2, 0.25) is 0 Å². The third kappa shape index (κ3) is 2.37. The molecule has 0 aromatic heterocycles. The molecule has 0 bridgehead atoms. The molecule has 0 radical (unpaired) electrons. The predicted molar refractivity (Wildman–Crippen MR) is 57.3 cm³/mol. The second-order valence-corrected chi connectivity index (χ2v) is 4.71. The molecule has 0 fully saturated rings. The molecule has 0 heterocycles. The lowest BCUT2D eigenvalue weighted by molar-refractivity contribution is -0.229. The van der Waals surface area contributed by atoms with Crippen molar-refractivity contribution in [2.24, 2.45) is 0 Å². The first-order chi connectivity index (χ1) is 10.8. The Bertz CT molecular complexity index is 732. The van der Waals surface area contributed by atoms with Crippen molar-refractivity contribution in [3.63, 3.8) is 0 Å². The molecule has 0 saturated heterocycles. The van der Waals surface area contributed by atoms with E-state index in [1.165, 1.54) is 0 Å². The monoisotopic (exact) mass is 368 g/mol. The van der Waals surface area contributed by atoms with Crippen LogP contribution in [0.15, 0.2) is 29.6 Å². The summed E-state index contributed by atoms with van der Waals surface area (Å²) in [7, 11) is 0. The highest BCUT2D eigenvalue weighted by atomic mass is 19.4. The zero-order valence-electron chi connectivity index (χ0n) is 10.9. The van der Waals surface area contributed by atoms with Gasteiger partial charge >= 0.3 is 6.18 Å². The van der Waals surface area contributed by atoms with E-state index in [-0.39, 0.29) is 0 Å². The maximum Gasteiger partial charge on any atom is 0.430 e. The zero-order chi connectivity index (χ0) is 18.6. The third-order valence-corrected chi connectivity index (χ3v) is 3.33. The van der Waals surface area contributed by atoms with Crippen molar-refractivity contribution in [3.05, 3.63) is 58.5 Å². The standard InChI is InChI=1S/C13H3F11/c14-3-1-4(15)10(19)7(9(3)18)8-11(20)5(16)2-6(17)12(8,21)13(22,23)24/h1-2,8H. The highest BCUT2D eigenvalue weighted by Gasteiger charge is 2.68. The fourth-order valence-electron chi connectivity index (χ4n) is 2.21. The van der Waals surface area contributed by atoms with Crippen LogP contribution in [0, 0.1) is 23.3 Å². The van der Waals surface area contributed by atoms with Gasteiger partial charge in [-0.2, -0.15) is 13.2 Å². The van der Waals surface area contributed by atoms with Crippen molar-refractivity contribution >= 4 is 0 Å². The summed E-state index contributed by atoms with van der Waals surface area (Å²) in [5, 5.41) is 0. The van der Waals surface area contributed by atoms with E-state index in [4.69, 9.17) is 0 Å². The summed E-state index contributed by atoms with van der Waals surface area (Å²) >= 11 is 0. The highest BCUT2D eigenvalue weighted by molar-refractivity contribution is 5.45. The van der Waals surface area contributed by atoms with Gasteiger partial charge in [-0.3, -0.25) is 0 Å². The Hall–Kier alpha value is -2.07. The quantitative estimate of drug-likeness (QED) is 0.446. The molecule has 2 atom stereocenters. The normalized spacial score (nSPS) is 25.1. The zero-order valence-corrected chi connectivity index (χ0v) is 10.9. The van der Waals surface area contributed by atoms with Crippen molar-refractivity contribution in [2.75, 3.05) is 0 Å². The van der Waals surface area contributed by atoms with Gasteiger partial charge in [-0.05, 0) is 0 Å². The highest BCUT2D eigenvalue weighted by Crippen LogP contribution is 2.56. The molecule has 24 heavy (non-hydrogen) atoms. The van der Waals surface area contributed by atoms with E-state index in [2.05, 4.69) is 0 Å². The van der Waals surface area contributed by atoms with E-state index >= 15 is 0 Å². The molecule has 0 aliphatic heterocycles. The molecule has 0 N–H and O–H groups in total. The summed E-state index contributed by atoms with van der Waals surface area (Å²) < 4.78 is 147. The van der Waals surface area contributed by atoms with Crippen molar-refractivity contribution in [1.29, 1.82) is 0 Å². The second kappa shape index (κ2) is 5.49. The Morgan fingerprint density at radius 1 is 0.833 bits per heavy atom. The van der Waals surface area contributed by atoms with Crippen molar-refractivity contribution in [2.45, 2.75) is 17.8 Å². The topological polar surface area (TPSA) is 0 Å². The SMILES string of the molecule is FC1=CC(F)=C(F)C(c2c(F)c(F)cc(F)c2F)C1(F)C(F)(F)F. The van der Waals surface area contributed by atoms with Crippen LogP contribution in [0.4, 0.5) is 48.3 Å². The lowest BCUT2D eigenvalue weighted by Crippen LogP contribution is -2.49. The molecule has 0 nitrogen and oxygen atoms in total. The number of halogens is 11. The molecule has 2 unspecified atom stereocenters. The van der Waals surface area contributed by atoms with Gasteiger partial charge in [0.25, 0.3) is 5.67 Å². The first-order valence-corrected chi connectivity index (χ1v) is 5.85. The molecular formula is C13H3F11. The van der Waals surface area contributed by atoms with E-state index < -0.39 is 76.2 Å². The number of hydrogen-bond donors (Lipinski definition) is 0. The number of rotatable bonds is 1. The summed E-state index contributed by atoms with van der Waals surface area (Å²) in [6.07, 6.45) is -7.15. The summed E-state index contributed by atoms with van der Waals surface area (Å²) in [6, 6.07) is -0.450. The minimum Gasteiger partial charge on any atom is -0.225 e. The van der Waals surface area contributed by atoms with E-state index in [0.717, 1.165) is 0 Å². The van der Waals surface area contributed by atoms with Crippen LogP contribution in [0.3, 0.4) is 0 Å². The molecule has 1 aromatic rings. The van der Waals surface area contributed by atoms with E-state index in [0.29, 0.717) is 0 Å². The van der Waals surface area contributed by atoms with Crippen LogP contribution < -0.4 is 0 Å². The molecule has 1 aromatic carbocycles. The van der Waals surface area contributed by atoms with Gasteiger partial charge in [0, 0.05) is 17.7 Å². The molecule has 2 rings (SSSR count). The molecule has 0 spiro atoms. The summed E-state index contributed by atoms with van der Waals surface area (Å²) in [5.74, 6) is -22.0. The first-order valence-electron chi connectivity index (χ1n) is 5.85. The Morgan fingerprint density at radius 2 is 1.29 bits per heavy atom.